The topological polar surface area (TPSA) is 30.3 Å². The summed E-state index contributed by atoms with van der Waals surface area (Å²) < 4.78 is 0. The molecule has 0 amide bonds. The molecule has 1 aromatic carbocycles. The second-order valence-electron chi connectivity index (χ2n) is 4.65. The lowest BCUT2D eigenvalue weighted by Crippen LogP contribution is -2.48. The van der Waals surface area contributed by atoms with E-state index in [0.29, 0.717) is 0 Å². The summed E-state index contributed by atoms with van der Waals surface area (Å²) in [6.45, 7) is 5.92. The highest BCUT2D eigenvalue weighted by atomic mass is 35.5. The summed E-state index contributed by atoms with van der Waals surface area (Å²) in [7, 11) is 0. The summed E-state index contributed by atoms with van der Waals surface area (Å²) in [6.07, 6.45) is 1.94. The third-order valence-corrected chi connectivity index (χ3v) is 3.56. The molecule has 1 aliphatic heterocycles. The Balaban J connectivity index is 1.92. The largest absolute Gasteiger partial charge is 0.368 e. The van der Waals surface area contributed by atoms with Crippen LogP contribution in [0, 0.1) is 5.41 Å². The van der Waals surface area contributed by atoms with Crippen molar-refractivity contribution in [3.63, 3.8) is 0 Å². The molecule has 2 rings (SSSR count). The molecular weight excluding hydrogens is 246 g/mol. The predicted molar refractivity (Wildman–Crippen MR) is 77.9 cm³/mol. The molecule has 0 bridgehead atoms. The minimum Gasteiger partial charge on any atom is -0.368 e. The number of nitrogens with one attached hydrogen (secondary N) is 1. The standard InChI is InChI=1S/C14H20ClN3/c1-2-4-14(16)18-9-7-17(8-10-18)13-6-3-5-12(15)11-13/h3,5-6,11,16H,2,4,7-10H2,1H3. The van der Waals surface area contributed by atoms with Crippen LogP contribution >= 0.6 is 11.6 Å². The molecule has 1 saturated heterocycles. The fourth-order valence-corrected chi connectivity index (χ4v) is 2.49. The van der Waals surface area contributed by atoms with Gasteiger partial charge in [0.15, 0.2) is 0 Å². The van der Waals surface area contributed by atoms with Crippen molar-refractivity contribution >= 4 is 23.1 Å². The Morgan fingerprint density at radius 1 is 1.28 bits per heavy atom. The van der Waals surface area contributed by atoms with E-state index >= 15 is 0 Å². The van der Waals surface area contributed by atoms with Crippen molar-refractivity contribution in [2.75, 3.05) is 31.1 Å². The SMILES string of the molecule is CCCC(=N)N1CCN(c2cccc(Cl)c2)CC1. The molecular formula is C14H20ClN3. The normalized spacial score (nSPS) is 15.9. The van der Waals surface area contributed by atoms with Gasteiger partial charge in [0, 0.05) is 43.3 Å². The minimum absolute atomic E-state index is 0.781. The Kier molecular flexibility index (Phi) is 4.48. The quantitative estimate of drug-likeness (QED) is 0.672. The van der Waals surface area contributed by atoms with Crippen LogP contribution in [0.15, 0.2) is 24.3 Å². The molecule has 0 saturated carbocycles. The van der Waals surface area contributed by atoms with Gasteiger partial charge in [-0.3, -0.25) is 5.41 Å². The summed E-state index contributed by atoms with van der Waals surface area (Å²) in [5.74, 6) is 0.781. The third kappa shape index (κ3) is 3.16. The summed E-state index contributed by atoms with van der Waals surface area (Å²) in [6, 6.07) is 7.99. The number of benzene rings is 1. The second kappa shape index (κ2) is 6.10. The first-order valence-corrected chi connectivity index (χ1v) is 6.91. The van der Waals surface area contributed by atoms with E-state index < -0.39 is 0 Å². The van der Waals surface area contributed by atoms with Crippen LogP contribution in [-0.4, -0.2) is 36.9 Å². The Bertz CT molecular complexity index is 411. The lowest BCUT2D eigenvalue weighted by molar-refractivity contribution is 0.376. The fraction of sp³-hybridized carbons (Fsp3) is 0.500. The number of piperazine rings is 1. The Hall–Kier alpha value is -1.22. The van der Waals surface area contributed by atoms with Crippen molar-refractivity contribution in [2.45, 2.75) is 19.8 Å². The van der Waals surface area contributed by atoms with Gasteiger partial charge in [0.05, 0.1) is 5.84 Å². The van der Waals surface area contributed by atoms with Crippen molar-refractivity contribution in [1.82, 2.24) is 4.90 Å². The summed E-state index contributed by atoms with van der Waals surface area (Å²) in [5, 5.41) is 8.76. The molecule has 1 heterocycles. The number of rotatable bonds is 3. The fourth-order valence-electron chi connectivity index (χ4n) is 2.30. The molecule has 0 aromatic heterocycles. The molecule has 4 heteroatoms. The minimum atomic E-state index is 0.781. The molecule has 98 valence electrons. The van der Waals surface area contributed by atoms with Gasteiger partial charge in [0.1, 0.15) is 0 Å². The van der Waals surface area contributed by atoms with Gasteiger partial charge < -0.3 is 9.80 Å². The molecule has 0 spiro atoms. The van der Waals surface area contributed by atoms with Gasteiger partial charge in [-0.25, -0.2) is 0 Å². The van der Waals surface area contributed by atoms with Gasteiger partial charge in [0.2, 0.25) is 0 Å². The van der Waals surface area contributed by atoms with Gasteiger partial charge in [-0.2, -0.15) is 0 Å². The summed E-state index contributed by atoms with van der Waals surface area (Å²) in [5.41, 5.74) is 1.18. The number of nitrogens with zero attached hydrogens (tertiary/aromatic N) is 2. The summed E-state index contributed by atoms with van der Waals surface area (Å²) >= 11 is 6.01. The molecule has 1 aliphatic rings. The lowest BCUT2D eigenvalue weighted by Gasteiger charge is -2.37. The van der Waals surface area contributed by atoms with E-state index in [1.165, 1.54) is 5.69 Å². The molecule has 0 unspecified atom stereocenters. The number of anilines is 1. The lowest BCUT2D eigenvalue weighted by atomic mass is 10.2. The number of halogens is 1. The molecule has 1 fully saturated rings. The van der Waals surface area contributed by atoms with Crippen LogP contribution in [0.5, 0.6) is 0 Å². The van der Waals surface area contributed by atoms with Crippen LogP contribution < -0.4 is 4.90 Å². The number of hydrogen-bond donors (Lipinski definition) is 1. The molecule has 1 aromatic rings. The zero-order chi connectivity index (χ0) is 13.0. The van der Waals surface area contributed by atoms with Crippen molar-refractivity contribution in [3.8, 4) is 0 Å². The Morgan fingerprint density at radius 2 is 2.00 bits per heavy atom. The summed E-state index contributed by atoms with van der Waals surface area (Å²) in [4.78, 5) is 4.52. The van der Waals surface area contributed by atoms with E-state index in [1.807, 2.05) is 18.2 Å². The maximum atomic E-state index is 7.97. The van der Waals surface area contributed by atoms with E-state index in [-0.39, 0.29) is 0 Å². The van der Waals surface area contributed by atoms with E-state index in [4.69, 9.17) is 17.0 Å². The van der Waals surface area contributed by atoms with Crippen LogP contribution in [0.3, 0.4) is 0 Å². The van der Waals surface area contributed by atoms with Crippen LogP contribution in [0.2, 0.25) is 5.02 Å². The van der Waals surface area contributed by atoms with Gasteiger partial charge >= 0.3 is 0 Å². The van der Waals surface area contributed by atoms with Crippen molar-refractivity contribution in [1.29, 1.82) is 5.41 Å². The monoisotopic (exact) mass is 265 g/mol. The van der Waals surface area contributed by atoms with Gasteiger partial charge in [-0.05, 0) is 24.6 Å². The molecule has 3 nitrogen and oxygen atoms in total. The number of amidine groups is 1. The van der Waals surface area contributed by atoms with Crippen LogP contribution in [0.1, 0.15) is 19.8 Å². The van der Waals surface area contributed by atoms with E-state index in [0.717, 1.165) is 49.9 Å². The maximum Gasteiger partial charge on any atom is 0.0958 e. The van der Waals surface area contributed by atoms with Gasteiger partial charge in [-0.1, -0.05) is 24.6 Å². The predicted octanol–water partition coefficient (Wildman–Crippen LogP) is 3.24. The first kappa shape index (κ1) is 13.2. The van der Waals surface area contributed by atoms with E-state index in [2.05, 4.69) is 22.8 Å². The van der Waals surface area contributed by atoms with Crippen LogP contribution in [0.25, 0.3) is 0 Å². The zero-order valence-electron chi connectivity index (χ0n) is 10.8. The van der Waals surface area contributed by atoms with Crippen molar-refractivity contribution in [2.24, 2.45) is 0 Å². The van der Waals surface area contributed by atoms with E-state index in [1.54, 1.807) is 0 Å². The van der Waals surface area contributed by atoms with Crippen molar-refractivity contribution < 1.29 is 0 Å². The van der Waals surface area contributed by atoms with Crippen molar-refractivity contribution in [3.05, 3.63) is 29.3 Å². The average molecular weight is 266 g/mol. The first-order valence-electron chi connectivity index (χ1n) is 6.53. The number of hydrogen-bond acceptors (Lipinski definition) is 2. The maximum absolute atomic E-state index is 7.97. The van der Waals surface area contributed by atoms with Crippen LogP contribution in [0.4, 0.5) is 5.69 Å². The van der Waals surface area contributed by atoms with Crippen LogP contribution in [-0.2, 0) is 0 Å². The first-order chi connectivity index (χ1) is 8.70. The second-order valence-corrected chi connectivity index (χ2v) is 5.09. The third-order valence-electron chi connectivity index (χ3n) is 3.32. The zero-order valence-corrected chi connectivity index (χ0v) is 11.6. The Morgan fingerprint density at radius 3 is 2.61 bits per heavy atom. The Labute approximate surface area is 114 Å². The molecule has 18 heavy (non-hydrogen) atoms. The highest BCUT2D eigenvalue weighted by Crippen LogP contribution is 2.20. The highest BCUT2D eigenvalue weighted by Gasteiger charge is 2.18. The molecule has 1 N–H and O–H groups in total. The smallest absolute Gasteiger partial charge is 0.0958 e. The molecule has 0 radical (unpaired) electrons. The average Bonchev–Trinajstić information content (AvgIpc) is 2.39. The molecule has 0 aliphatic carbocycles. The molecule has 0 atom stereocenters. The highest BCUT2D eigenvalue weighted by molar-refractivity contribution is 6.30. The van der Waals surface area contributed by atoms with E-state index in [9.17, 15) is 0 Å². The van der Waals surface area contributed by atoms with Gasteiger partial charge in [-0.15, -0.1) is 0 Å². The van der Waals surface area contributed by atoms with Gasteiger partial charge in [0.25, 0.3) is 0 Å².